The fourth-order valence-corrected chi connectivity index (χ4v) is 1.73. The summed E-state index contributed by atoms with van der Waals surface area (Å²) in [6, 6.07) is 4.39. The van der Waals surface area contributed by atoms with E-state index in [1.165, 1.54) is 24.8 Å². The molecule has 0 aromatic carbocycles. The third-order valence-electron chi connectivity index (χ3n) is 2.62. The predicted octanol–water partition coefficient (Wildman–Crippen LogP) is 2.47. The van der Waals surface area contributed by atoms with Gasteiger partial charge >= 0.3 is 0 Å². The lowest BCUT2D eigenvalue weighted by Gasteiger charge is -2.16. The molecule has 3 N–H and O–H groups in total. The Hall–Kier alpha value is -0.930. The van der Waals surface area contributed by atoms with Gasteiger partial charge in [-0.2, -0.15) is 0 Å². The number of aromatic nitrogens is 1. The molecule has 0 radical (unpaired) electrons. The SMILES string of the molecule is CCCCCC(NN)c1ccnc(C)c1. The number of unbranched alkanes of at least 4 members (excludes halogenated alkanes) is 2. The van der Waals surface area contributed by atoms with E-state index in [1.807, 2.05) is 19.2 Å². The van der Waals surface area contributed by atoms with Crippen LogP contribution in [-0.2, 0) is 0 Å². The van der Waals surface area contributed by atoms with Gasteiger partial charge in [-0.1, -0.05) is 26.2 Å². The molecule has 1 heterocycles. The molecule has 0 saturated heterocycles. The summed E-state index contributed by atoms with van der Waals surface area (Å²) in [5.41, 5.74) is 5.16. The van der Waals surface area contributed by atoms with Crippen molar-refractivity contribution in [1.29, 1.82) is 0 Å². The highest BCUT2D eigenvalue weighted by Gasteiger charge is 2.08. The van der Waals surface area contributed by atoms with Gasteiger partial charge in [0.1, 0.15) is 0 Å². The molecule has 0 aliphatic rings. The molecule has 0 amide bonds. The van der Waals surface area contributed by atoms with Gasteiger partial charge in [0, 0.05) is 17.9 Å². The van der Waals surface area contributed by atoms with Crippen LogP contribution in [0, 0.1) is 6.92 Å². The molecule has 1 aromatic rings. The second-order valence-electron chi connectivity index (χ2n) is 3.95. The van der Waals surface area contributed by atoms with Crippen molar-refractivity contribution in [2.45, 2.75) is 45.6 Å². The van der Waals surface area contributed by atoms with Crippen molar-refractivity contribution in [3.8, 4) is 0 Å². The minimum atomic E-state index is 0.262. The molecule has 84 valence electrons. The number of hydrogen-bond acceptors (Lipinski definition) is 3. The molecule has 0 fully saturated rings. The average Bonchev–Trinajstić information content (AvgIpc) is 2.24. The highest BCUT2D eigenvalue weighted by molar-refractivity contribution is 5.19. The molecule has 0 bridgehead atoms. The Morgan fingerprint density at radius 1 is 1.47 bits per heavy atom. The van der Waals surface area contributed by atoms with Gasteiger partial charge in [-0.15, -0.1) is 0 Å². The lowest BCUT2D eigenvalue weighted by atomic mass is 10.0. The van der Waals surface area contributed by atoms with Crippen LogP contribution in [0.25, 0.3) is 0 Å². The van der Waals surface area contributed by atoms with Gasteiger partial charge in [-0.25, -0.2) is 0 Å². The number of rotatable bonds is 6. The van der Waals surface area contributed by atoms with Crippen LogP contribution in [0.5, 0.6) is 0 Å². The van der Waals surface area contributed by atoms with E-state index in [0.29, 0.717) is 0 Å². The van der Waals surface area contributed by atoms with Gasteiger partial charge < -0.3 is 0 Å². The molecular weight excluding hydrogens is 186 g/mol. The third kappa shape index (κ3) is 3.98. The van der Waals surface area contributed by atoms with Crippen molar-refractivity contribution in [2.75, 3.05) is 0 Å². The second kappa shape index (κ2) is 6.53. The summed E-state index contributed by atoms with van der Waals surface area (Å²) in [6.45, 7) is 4.21. The average molecular weight is 207 g/mol. The normalized spacial score (nSPS) is 12.7. The summed E-state index contributed by atoms with van der Waals surface area (Å²) in [6.07, 6.45) is 6.66. The molecule has 1 rings (SSSR count). The number of hydrogen-bond donors (Lipinski definition) is 2. The molecule has 0 saturated carbocycles. The van der Waals surface area contributed by atoms with Gasteiger partial charge in [-0.3, -0.25) is 16.3 Å². The van der Waals surface area contributed by atoms with Crippen molar-refractivity contribution in [3.05, 3.63) is 29.6 Å². The van der Waals surface area contributed by atoms with Gasteiger partial charge in [0.15, 0.2) is 0 Å². The molecule has 0 aliphatic carbocycles. The fourth-order valence-electron chi connectivity index (χ4n) is 1.73. The van der Waals surface area contributed by atoms with Gasteiger partial charge in [0.25, 0.3) is 0 Å². The smallest absolute Gasteiger partial charge is 0.0461 e. The zero-order chi connectivity index (χ0) is 11.1. The maximum Gasteiger partial charge on any atom is 0.0461 e. The maximum absolute atomic E-state index is 5.57. The highest BCUT2D eigenvalue weighted by atomic mass is 15.2. The minimum absolute atomic E-state index is 0.262. The van der Waals surface area contributed by atoms with Crippen molar-refractivity contribution >= 4 is 0 Å². The summed E-state index contributed by atoms with van der Waals surface area (Å²) in [5, 5.41) is 0. The van der Waals surface area contributed by atoms with Crippen LogP contribution in [0.3, 0.4) is 0 Å². The molecule has 3 heteroatoms. The first-order valence-electron chi connectivity index (χ1n) is 5.66. The first-order valence-corrected chi connectivity index (χ1v) is 5.66. The summed E-state index contributed by atoms with van der Waals surface area (Å²) < 4.78 is 0. The van der Waals surface area contributed by atoms with Crippen LogP contribution < -0.4 is 11.3 Å². The van der Waals surface area contributed by atoms with E-state index >= 15 is 0 Å². The van der Waals surface area contributed by atoms with E-state index in [0.717, 1.165) is 12.1 Å². The van der Waals surface area contributed by atoms with Crippen LogP contribution in [0.4, 0.5) is 0 Å². The number of pyridine rings is 1. The maximum atomic E-state index is 5.57. The molecule has 1 atom stereocenters. The summed E-state index contributed by atoms with van der Waals surface area (Å²) in [4.78, 5) is 4.18. The van der Waals surface area contributed by atoms with Crippen molar-refractivity contribution < 1.29 is 0 Å². The summed E-state index contributed by atoms with van der Waals surface area (Å²) in [5.74, 6) is 5.57. The Morgan fingerprint density at radius 2 is 2.27 bits per heavy atom. The van der Waals surface area contributed by atoms with E-state index in [2.05, 4.69) is 23.4 Å². The van der Waals surface area contributed by atoms with Crippen molar-refractivity contribution in [2.24, 2.45) is 5.84 Å². The minimum Gasteiger partial charge on any atom is -0.271 e. The van der Waals surface area contributed by atoms with Gasteiger partial charge in [-0.05, 0) is 31.0 Å². The zero-order valence-electron chi connectivity index (χ0n) is 9.66. The van der Waals surface area contributed by atoms with E-state index in [9.17, 15) is 0 Å². The first kappa shape index (κ1) is 12.1. The Labute approximate surface area is 92.1 Å². The number of nitrogens with two attached hydrogens (primary N) is 1. The second-order valence-corrected chi connectivity index (χ2v) is 3.95. The molecular formula is C12H21N3. The topological polar surface area (TPSA) is 50.9 Å². The molecule has 3 nitrogen and oxygen atoms in total. The van der Waals surface area contributed by atoms with E-state index in [1.54, 1.807) is 0 Å². The van der Waals surface area contributed by atoms with Crippen LogP contribution >= 0.6 is 0 Å². The highest BCUT2D eigenvalue weighted by Crippen LogP contribution is 2.18. The standard InChI is InChI=1S/C12H21N3/c1-3-4-5-6-12(15-13)11-7-8-14-10(2)9-11/h7-9,12,15H,3-6,13H2,1-2H3. The van der Waals surface area contributed by atoms with Gasteiger partial charge in [0.05, 0.1) is 0 Å². The quantitative estimate of drug-likeness (QED) is 0.428. The number of nitrogens with zero attached hydrogens (tertiary/aromatic N) is 1. The van der Waals surface area contributed by atoms with Crippen LogP contribution in [0.2, 0.25) is 0 Å². The molecule has 0 aliphatic heterocycles. The molecule has 15 heavy (non-hydrogen) atoms. The van der Waals surface area contributed by atoms with Crippen LogP contribution in [-0.4, -0.2) is 4.98 Å². The fraction of sp³-hybridized carbons (Fsp3) is 0.583. The number of nitrogens with one attached hydrogen (secondary N) is 1. The van der Waals surface area contributed by atoms with Crippen LogP contribution in [0.1, 0.15) is 49.9 Å². The summed E-state index contributed by atoms with van der Waals surface area (Å²) >= 11 is 0. The molecule has 1 unspecified atom stereocenters. The van der Waals surface area contributed by atoms with Gasteiger partial charge in [0.2, 0.25) is 0 Å². The third-order valence-corrected chi connectivity index (χ3v) is 2.62. The first-order chi connectivity index (χ1) is 7.27. The Kier molecular flexibility index (Phi) is 5.29. The largest absolute Gasteiger partial charge is 0.271 e. The monoisotopic (exact) mass is 207 g/mol. The summed E-state index contributed by atoms with van der Waals surface area (Å²) in [7, 11) is 0. The molecule has 0 spiro atoms. The van der Waals surface area contributed by atoms with Crippen LogP contribution in [0.15, 0.2) is 18.3 Å². The number of aryl methyl sites for hydroxylation is 1. The predicted molar refractivity (Wildman–Crippen MR) is 63.2 cm³/mol. The Balaban J connectivity index is 2.57. The Bertz CT molecular complexity index is 286. The van der Waals surface area contributed by atoms with E-state index in [4.69, 9.17) is 5.84 Å². The number of hydrazine groups is 1. The van der Waals surface area contributed by atoms with Crippen molar-refractivity contribution in [1.82, 2.24) is 10.4 Å². The zero-order valence-corrected chi connectivity index (χ0v) is 9.66. The Morgan fingerprint density at radius 3 is 2.87 bits per heavy atom. The molecule has 1 aromatic heterocycles. The van der Waals surface area contributed by atoms with Crippen molar-refractivity contribution in [3.63, 3.8) is 0 Å². The van der Waals surface area contributed by atoms with E-state index < -0.39 is 0 Å². The lowest BCUT2D eigenvalue weighted by Crippen LogP contribution is -2.28. The lowest BCUT2D eigenvalue weighted by molar-refractivity contribution is 0.486. The van der Waals surface area contributed by atoms with E-state index in [-0.39, 0.29) is 6.04 Å².